The summed E-state index contributed by atoms with van der Waals surface area (Å²) in [6.45, 7) is 1.94. The third-order valence-electron chi connectivity index (χ3n) is 5.63. The van der Waals surface area contributed by atoms with Crippen molar-refractivity contribution >= 4 is 29.4 Å². The van der Waals surface area contributed by atoms with Gasteiger partial charge in [0.25, 0.3) is 5.91 Å². The van der Waals surface area contributed by atoms with E-state index < -0.39 is 0 Å². The number of piperidine rings is 1. The molecule has 2 aliphatic heterocycles. The van der Waals surface area contributed by atoms with Crippen molar-refractivity contribution in [1.82, 2.24) is 4.90 Å². The minimum absolute atomic E-state index is 0.243. The molecule has 2 saturated heterocycles. The van der Waals surface area contributed by atoms with Gasteiger partial charge >= 0.3 is 0 Å². The quantitative estimate of drug-likeness (QED) is 0.765. The van der Waals surface area contributed by atoms with Crippen LogP contribution in [0.3, 0.4) is 0 Å². The fourth-order valence-corrected chi connectivity index (χ4v) is 7.16. The van der Waals surface area contributed by atoms with Crippen molar-refractivity contribution in [1.29, 1.82) is 0 Å². The molecule has 0 N–H and O–H groups in total. The van der Waals surface area contributed by atoms with Gasteiger partial charge in [-0.05, 0) is 42.4 Å². The number of carbonyl (C=O) groups is 1. The molecule has 1 amide bonds. The first-order valence-electron chi connectivity index (χ1n) is 8.94. The molecule has 0 bridgehead atoms. The lowest BCUT2D eigenvalue weighted by molar-refractivity contribution is 0.0521. The van der Waals surface area contributed by atoms with Gasteiger partial charge in [-0.3, -0.25) is 4.79 Å². The Morgan fingerprint density at radius 1 is 0.957 bits per heavy atom. The molecular weight excluding hydrogens is 322 g/mol. The Bertz CT molecular complexity index is 553. The van der Waals surface area contributed by atoms with E-state index in [1.165, 1.54) is 49.2 Å². The molecule has 1 aromatic carbocycles. The van der Waals surface area contributed by atoms with Gasteiger partial charge in [-0.15, -0.1) is 23.5 Å². The topological polar surface area (TPSA) is 20.3 Å². The molecule has 1 aromatic rings. The van der Waals surface area contributed by atoms with Crippen molar-refractivity contribution in [3.05, 3.63) is 35.4 Å². The predicted molar refractivity (Wildman–Crippen MR) is 100 cm³/mol. The number of amides is 1. The van der Waals surface area contributed by atoms with E-state index in [9.17, 15) is 4.79 Å². The number of carbonyl (C=O) groups excluding carboxylic acids is 1. The normalized spacial score (nSPS) is 28.6. The minimum atomic E-state index is 0.243. The largest absolute Gasteiger partial charge is 0.338 e. The highest BCUT2D eigenvalue weighted by molar-refractivity contribution is 8.19. The lowest BCUT2D eigenvalue weighted by atomic mass is 9.75. The molecule has 4 rings (SSSR count). The summed E-state index contributed by atoms with van der Waals surface area (Å²) in [4.78, 5) is 14.9. The van der Waals surface area contributed by atoms with E-state index in [4.69, 9.17) is 0 Å². The fourth-order valence-electron chi connectivity index (χ4n) is 4.30. The fraction of sp³-hybridized carbons (Fsp3) is 0.632. The van der Waals surface area contributed by atoms with Crippen LogP contribution >= 0.6 is 23.5 Å². The zero-order chi connectivity index (χ0) is 15.6. The maximum atomic E-state index is 12.8. The maximum Gasteiger partial charge on any atom is 0.253 e. The van der Waals surface area contributed by atoms with Crippen LogP contribution in [0.4, 0.5) is 0 Å². The Morgan fingerprint density at radius 3 is 2.39 bits per heavy atom. The molecule has 1 aliphatic carbocycles. The van der Waals surface area contributed by atoms with Crippen LogP contribution in [-0.2, 0) is 0 Å². The van der Waals surface area contributed by atoms with Gasteiger partial charge in [0.2, 0.25) is 0 Å². The van der Waals surface area contributed by atoms with E-state index in [0.717, 1.165) is 30.5 Å². The van der Waals surface area contributed by atoms with Gasteiger partial charge in [-0.25, -0.2) is 0 Å². The highest BCUT2D eigenvalue weighted by Gasteiger charge is 2.33. The Balaban J connectivity index is 1.42. The van der Waals surface area contributed by atoms with E-state index >= 15 is 0 Å². The molecule has 2 heterocycles. The summed E-state index contributed by atoms with van der Waals surface area (Å²) < 4.78 is 0.567. The maximum absolute atomic E-state index is 12.8. The zero-order valence-corrected chi connectivity index (χ0v) is 15.2. The summed E-state index contributed by atoms with van der Waals surface area (Å²) in [5, 5.41) is 0. The average Bonchev–Trinajstić information content (AvgIpc) is 3.15. The molecule has 2 atom stereocenters. The van der Waals surface area contributed by atoms with Crippen LogP contribution in [0.25, 0.3) is 0 Å². The molecule has 3 fully saturated rings. The smallest absolute Gasteiger partial charge is 0.253 e. The molecule has 1 saturated carbocycles. The SMILES string of the molecule is O=C(c1ccc(C2SCCS2)cc1)N1CC[C@H]2CCCC[C@H]2C1. The van der Waals surface area contributed by atoms with Gasteiger partial charge in [0.15, 0.2) is 0 Å². The molecule has 4 heteroatoms. The van der Waals surface area contributed by atoms with Crippen LogP contribution in [0.2, 0.25) is 0 Å². The van der Waals surface area contributed by atoms with E-state index in [2.05, 4.69) is 17.0 Å². The molecule has 3 aliphatic rings. The van der Waals surface area contributed by atoms with Gasteiger partial charge < -0.3 is 4.90 Å². The first-order chi connectivity index (χ1) is 11.3. The predicted octanol–water partition coefficient (Wildman–Crippen LogP) is 4.82. The molecule has 124 valence electrons. The number of hydrogen-bond donors (Lipinski definition) is 0. The second-order valence-corrected chi connectivity index (χ2v) is 9.76. The third-order valence-corrected chi connectivity index (χ3v) is 8.73. The van der Waals surface area contributed by atoms with Crippen LogP contribution in [0.1, 0.15) is 52.6 Å². The summed E-state index contributed by atoms with van der Waals surface area (Å²) in [5.41, 5.74) is 2.23. The molecule has 0 unspecified atom stereocenters. The molecule has 0 aromatic heterocycles. The third kappa shape index (κ3) is 3.43. The second kappa shape index (κ2) is 7.10. The van der Waals surface area contributed by atoms with Crippen molar-refractivity contribution in [2.75, 3.05) is 24.6 Å². The van der Waals surface area contributed by atoms with Crippen molar-refractivity contribution in [3.8, 4) is 0 Å². The molecule has 0 radical (unpaired) electrons. The Labute approximate surface area is 147 Å². The molecule has 23 heavy (non-hydrogen) atoms. The Hall–Kier alpha value is -0.610. The Kier molecular flexibility index (Phi) is 4.91. The lowest BCUT2D eigenvalue weighted by Gasteiger charge is -2.41. The Morgan fingerprint density at radius 2 is 1.65 bits per heavy atom. The minimum Gasteiger partial charge on any atom is -0.338 e. The highest BCUT2D eigenvalue weighted by atomic mass is 32.2. The summed E-state index contributed by atoms with van der Waals surface area (Å²) in [5.74, 6) is 4.37. The standard InChI is InChI=1S/C19H25NOS2/c21-18(20-10-9-14-3-1-2-4-17(14)13-20)15-5-7-16(8-6-15)19-22-11-12-23-19/h5-8,14,17,19H,1-4,9-13H2/t14-,17+/m1/s1. The molecular formula is C19H25NOS2. The monoisotopic (exact) mass is 347 g/mol. The van der Waals surface area contributed by atoms with Gasteiger partial charge in [0.05, 0.1) is 4.58 Å². The van der Waals surface area contributed by atoms with E-state index in [-0.39, 0.29) is 5.91 Å². The van der Waals surface area contributed by atoms with Crippen molar-refractivity contribution in [2.24, 2.45) is 11.8 Å². The van der Waals surface area contributed by atoms with Gasteiger partial charge in [-0.1, -0.05) is 31.4 Å². The number of hydrogen-bond acceptors (Lipinski definition) is 3. The van der Waals surface area contributed by atoms with E-state index in [1.807, 2.05) is 35.7 Å². The number of rotatable bonds is 2. The number of benzene rings is 1. The van der Waals surface area contributed by atoms with Crippen molar-refractivity contribution < 1.29 is 4.79 Å². The van der Waals surface area contributed by atoms with Gasteiger partial charge in [0, 0.05) is 30.2 Å². The van der Waals surface area contributed by atoms with Gasteiger partial charge in [-0.2, -0.15) is 0 Å². The van der Waals surface area contributed by atoms with Crippen LogP contribution in [0, 0.1) is 11.8 Å². The molecule has 2 nitrogen and oxygen atoms in total. The van der Waals surface area contributed by atoms with Crippen molar-refractivity contribution in [2.45, 2.75) is 36.7 Å². The van der Waals surface area contributed by atoms with Gasteiger partial charge in [0.1, 0.15) is 0 Å². The first kappa shape index (κ1) is 15.9. The average molecular weight is 348 g/mol. The highest BCUT2D eigenvalue weighted by Crippen LogP contribution is 2.45. The van der Waals surface area contributed by atoms with E-state index in [0.29, 0.717) is 4.58 Å². The summed E-state index contributed by atoms with van der Waals surface area (Å²) >= 11 is 4.04. The summed E-state index contributed by atoms with van der Waals surface area (Å²) in [7, 11) is 0. The van der Waals surface area contributed by atoms with Crippen LogP contribution in [-0.4, -0.2) is 35.4 Å². The van der Waals surface area contributed by atoms with Crippen molar-refractivity contribution in [3.63, 3.8) is 0 Å². The number of nitrogens with zero attached hydrogens (tertiary/aromatic N) is 1. The summed E-state index contributed by atoms with van der Waals surface area (Å²) in [6, 6.07) is 8.42. The van der Waals surface area contributed by atoms with Crippen LogP contribution in [0.5, 0.6) is 0 Å². The number of fused-ring (bicyclic) bond motifs is 1. The first-order valence-corrected chi connectivity index (χ1v) is 11.0. The zero-order valence-electron chi connectivity index (χ0n) is 13.6. The second-order valence-electron chi connectivity index (χ2n) is 7.04. The number of likely N-dealkylation sites (tertiary alicyclic amines) is 1. The van der Waals surface area contributed by atoms with E-state index in [1.54, 1.807) is 0 Å². The molecule has 0 spiro atoms. The number of thioether (sulfide) groups is 2. The summed E-state index contributed by atoms with van der Waals surface area (Å²) in [6.07, 6.45) is 6.67. The van der Waals surface area contributed by atoms with Crippen LogP contribution in [0.15, 0.2) is 24.3 Å². The van der Waals surface area contributed by atoms with Crippen LogP contribution < -0.4 is 0 Å². The lowest BCUT2D eigenvalue weighted by Crippen LogP contribution is -2.44.